The molecule has 0 fully saturated rings. The third kappa shape index (κ3) is 13.7. The van der Waals surface area contributed by atoms with E-state index in [4.69, 9.17) is 28.4 Å². The Labute approximate surface area is 300 Å². The molecule has 0 saturated heterocycles. The number of rotatable bonds is 27. The second kappa shape index (κ2) is 23.9. The number of hydrogen-bond donors (Lipinski definition) is 0. The second-order valence-corrected chi connectivity index (χ2v) is 13.1. The number of carbonyl (C=O) groups is 2. The van der Waals surface area contributed by atoms with Gasteiger partial charge in [-0.3, -0.25) is 9.59 Å². The fourth-order valence-corrected chi connectivity index (χ4v) is 5.85. The average Bonchev–Trinajstić information content (AvgIpc) is 3.12. The van der Waals surface area contributed by atoms with E-state index in [-0.39, 0.29) is 38.4 Å². The highest BCUT2D eigenvalue weighted by molar-refractivity contribution is 6.11. The zero-order valence-corrected chi connectivity index (χ0v) is 31.4. The molecule has 2 unspecified atom stereocenters. The van der Waals surface area contributed by atoms with Gasteiger partial charge in [-0.1, -0.05) is 110 Å². The smallest absolute Gasteiger partial charge is 0.306 e. The lowest BCUT2D eigenvalue weighted by molar-refractivity contribution is -0.155. The number of benzene rings is 3. The Balaban J connectivity index is 1.90. The van der Waals surface area contributed by atoms with Crippen molar-refractivity contribution >= 4 is 33.5 Å². The van der Waals surface area contributed by atoms with Crippen LogP contribution in [0, 0.1) is 0 Å². The second-order valence-electron chi connectivity index (χ2n) is 13.1. The van der Waals surface area contributed by atoms with Crippen LogP contribution in [0.15, 0.2) is 42.5 Å². The van der Waals surface area contributed by atoms with Gasteiger partial charge < -0.3 is 28.4 Å². The Bertz CT molecular complexity index is 1420. The van der Waals surface area contributed by atoms with Gasteiger partial charge in [-0.05, 0) is 43.7 Å². The maximum absolute atomic E-state index is 12.6. The summed E-state index contributed by atoms with van der Waals surface area (Å²) in [6, 6.07) is 14.3. The Kier molecular flexibility index (Phi) is 19.7. The van der Waals surface area contributed by atoms with E-state index in [9.17, 15) is 9.59 Å². The zero-order chi connectivity index (χ0) is 36.0. The Morgan fingerprint density at radius 2 is 1.02 bits per heavy atom. The van der Waals surface area contributed by atoms with Crippen molar-refractivity contribution in [3.05, 3.63) is 48.0 Å². The molecule has 3 aromatic rings. The van der Waals surface area contributed by atoms with Gasteiger partial charge in [0.25, 0.3) is 0 Å². The maximum Gasteiger partial charge on any atom is 0.306 e. The van der Waals surface area contributed by atoms with Gasteiger partial charge in [0, 0.05) is 47.6 Å². The highest BCUT2D eigenvalue weighted by Gasteiger charge is 2.22. The number of fused-ring (bicyclic) bond motifs is 2. The summed E-state index contributed by atoms with van der Waals surface area (Å²) >= 11 is 0. The predicted molar refractivity (Wildman–Crippen MR) is 201 cm³/mol. The number of esters is 2. The number of unbranched alkanes of at least 4 members (excludes halogenated alkanes) is 6. The van der Waals surface area contributed by atoms with Gasteiger partial charge in [-0.15, -0.1) is 0 Å². The minimum Gasteiger partial charge on any atom is -0.488 e. The summed E-state index contributed by atoms with van der Waals surface area (Å²) in [6.07, 6.45) is 10.8. The summed E-state index contributed by atoms with van der Waals surface area (Å²) in [4.78, 5) is 25.1. The van der Waals surface area contributed by atoms with Gasteiger partial charge in [0.05, 0.1) is 13.2 Å². The normalized spacial score (nSPS) is 12.6. The highest BCUT2D eigenvalue weighted by Crippen LogP contribution is 2.43. The van der Waals surface area contributed by atoms with Crippen molar-refractivity contribution < 1.29 is 38.0 Å². The van der Waals surface area contributed by atoms with Crippen LogP contribution in [0.5, 0.6) is 11.5 Å². The van der Waals surface area contributed by atoms with Crippen LogP contribution in [-0.4, -0.2) is 63.8 Å². The van der Waals surface area contributed by atoms with Crippen LogP contribution in [0.25, 0.3) is 21.5 Å². The van der Waals surface area contributed by atoms with Crippen LogP contribution in [0.2, 0.25) is 0 Å². The van der Waals surface area contributed by atoms with Crippen LogP contribution in [0.4, 0.5) is 0 Å². The quantitative estimate of drug-likeness (QED) is 0.0443. The molecule has 0 N–H and O–H groups in total. The number of aryl methyl sites for hydroxylation is 1. The summed E-state index contributed by atoms with van der Waals surface area (Å²) in [5.74, 6) is 0.910. The summed E-state index contributed by atoms with van der Waals surface area (Å²) in [7, 11) is 0. The molecule has 0 bridgehead atoms. The van der Waals surface area contributed by atoms with Gasteiger partial charge >= 0.3 is 11.9 Å². The summed E-state index contributed by atoms with van der Waals surface area (Å²) in [6.45, 7) is 12.5. The molecule has 0 heterocycles. The first kappa shape index (κ1) is 41.1. The summed E-state index contributed by atoms with van der Waals surface area (Å²) in [5.41, 5.74) is 1.16. The molecule has 278 valence electrons. The molecule has 0 aromatic heterocycles. The van der Waals surface area contributed by atoms with Gasteiger partial charge in [-0.2, -0.15) is 0 Å². The SMILES string of the molecule is CCCCCCOCC(COc1c2ccccc2c(OCC(COCCCCCC)OC(=O)CCC)c2cc(CC)ccc12)OC(=O)CCC. The predicted octanol–water partition coefficient (Wildman–Crippen LogP) is 9.93. The first-order chi connectivity index (χ1) is 24.4. The van der Waals surface area contributed by atoms with Crippen molar-refractivity contribution in [2.24, 2.45) is 0 Å². The lowest BCUT2D eigenvalue weighted by Crippen LogP contribution is -2.30. The fourth-order valence-electron chi connectivity index (χ4n) is 5.85. The van der Waals surface area contributed by atoms with Gasteiger partial charge in [0.1, 0.15) is 24.7 Å². The van der Waals surface area contributed by atoms with E-state index in [1.807, 2.05) is 38.1 Å². The van der Waals surface area contributed by atoms with E-state index >= 15 is 0 Å². The number of carbonyl (C=O) groups excluding carboxylic acids is 2. The molecule has 3 aromatic carbocycles. The van der Waals surface area contributed by atoms with Crippen LogP contribution in [0.3, 0.4) is 0 Å². The molecule has 0 aliphatic carbocycles. The zero-order valence-electron chi connectivity index (χ0n) is 31.4. The van der Waals surface area contributed by atoms with Crippen LogP contribution in [0.1, 0.15) is 117 Å². The molecular weight excluding hydrogens is 632 g/mol. The van der Waals surface area contributed by atoms with E-state index in [2.05, 4.69) is 39.0 Å². The van der Waals surface area contributed by atoms with Crippen molar-refractivity contribution in [2.45, 2.75) is 130 Å². The monoisotopic (exact) mass is 694 g/mol. The molecule has 0 aliphatic heterocycles. The molecule has 0 spiro atoms. The lowest BCUT2D eigenvalue weighted by Gasteiger charge is -2.23. The van der Waals surface area contributed by atoms with Gasteiger partial charge in [-0.25, -0.2) is 0 Å². The Hall–Kier alpha value is -3.36. The lowest BCUT2D eigenvalue weighted by atomic mass is 9.98. The third-order valence-corrected chi connectivity index (χ3v) is 8.62. The van der Waals surface area contributed by atoms with E-state index in [0.717, 1.165) is 72.1 Å². The maximum atomic E-state index is 12.6. The topological polar surface area (TPSA) is 89.5 Å². The van der Waals surface area contributed by atoms with Crippen molar-refractivity contribution in [1.29, 1.82) is 0 Å². The molecule has 0 aliphatic rings. The first-order valence-corrected chi connectivity index (χ1v) is 19.2. The molecule has 0 radical (unpaired) electrons. The van der Waals surface area contributed by atoms with E-state index in [1.165, 1.54) is 12.8 Å². The molecule has 0 amide bonds. The van der Waals surface area contributed by atoms with Crippen molar-refractivity contribution in [3.8, 4) is 11.5 Å². The average molecular weight is 695 g/mol. The third-order valence-electron chi connectivity index (χ3n) is 8.62. The molecule has 3 rings (SSSR count). The summed E-state index contributed by atoms with van der Waals surface area (Å²) < 4.78 is 36.8. The van der Waals surface area contributed by atoms with Crippen molar-refractivity contribution in [2.75, 3.05) is 39.6 Å². The Morgan fingerprint density at radius 1 is 0.540 bits per heavy atom. The Morgan fingerprint density at radius 3 is 1.48 bits per heavy atom. The van der Waals surface area contributed by atoms with Gasteiger partial charge in [0.2, 0.25) is 0 Å². The molecule has 50 heavy (non-hydrogen) atoms. The summed E-state index contributed by atoms with van der Waals surface area (Å²) in [5, 5.41) is 3.56. The molecular formula is C42H62O8. The van der Waals surface area contributed by atoms with Crippen LogP contribution < -0.4 is 9.47 Å². The number of hydrogen-bond acceptors (Lipinski definition) is 8. The van der Waals surface area contributed by atoms with E-state index in [0.29, 0.717) is 50.4 Å². The molecule has 8 nitrogen and oxygen atoms in total. The van der Waals surface area contributed by atoms with Gasteiger partial charge in [0.15, 0.2) is 12.2 Å². The van der Waals surface area contributed by atoms with E-state index in [1.54, 1.807) is 0 Å². The fraction of sp³-hybridized carbons (Fsp3) is 0.619. The molecule has 0 saturated carbocycles. The van der Waals surface area contributed by atoms with Crippen molar-refractivity contribution in [3.63, 3.8) is 0 Å². The largest absolute Gasteiger partial charge is 0.488 e. The molecule has 8 heteroatoms. The van der Waals surface area contributed by atoms with Crippen molar-refractivity contribution in [1.82, 2.24) is 0 Å². The number of ether oxygens (including phenoxy) is 6. The van der Waals surface area contributed by atoms with Crippen LogP contribution >= 0.6 is 0 Å². The minimum absolute atomic E-state index is 0.157. The van der Waals surface area contributed by atoms with E-state index < -0.39 is 12.2 Å². The highest BCUT2D eigenvalue weighted by atomic mass is 16.6. The van der Waals surface area contributed by atoms with Crippen LogP contribution in [-0.2, 0) is 35.0 Å². The minimum atomic E-state index is -0.542. The standard InChI is InChI=1S/C42H62O8/c1-6-11-13-17-25-45-28-33(49-39(43)19-8-3)30-47-41-35-21-15-16-22-36(35)42(38-27-32(10-5)23-24-37(38)41)48-31-34(50-40(44)20-9-4)29-46-26-18-14-12-7-2/h15-16,21-24,27,33-34H,6-14,17-20,25-26,28-31H2,1-5H3. The molecule has 2 atom stereocenters. The first-order valence-electron chi connectivity index (χ1n) is 19.2.